The largest absolute Gasteiger partial charge is 0.312 e. The zero-order valence-electron chi connectivity index (χ0n) is 11.7. The van der Waals surface area contributed by atoms with Crippen LogP contribution >= 0.6 is 0 Å². The second kappa shape index (κ2) is 5.17. The van der Waals surface area contributed by atoms with Gasteiger partial charge in [0.1, 0.15) is 0 Å². The SMILES string of the molecule is Cc1ccccc1-c1cn(CC2CCCN2)nc1C. The smallest absolute Gasteiger partial charge is 0.0672 e. The van der Waals surface area contributed by atoms with Gasteiger partial charge in [0.15, 0.2) is 0 Å². The summed E-state index contributed by atoms with van der Waals surface area (Å²) in [6, 6.07) is 9.10. The molecule has 0 aliphatic carbocycles. The van der Waals surface area contributed by atoms with E-state index >= 15 is 0 Å². The average Bonchev–Trinajstić information content (AvgIpc) is 3.01. The number of hydrogen-bond acceptors (Lipinski definition) is 2. The first-order valence-corrected chi connectivity index (χ1v) is 7.07. The molecule has 2 aromatic rings. The number of benzene rings is 1. The fourth-order valence-electron chi connectivity index (χ4n) is 2.89. The van der Waals surface area contributed by atoms with Crippen molar-refractivity contribution >= 4 is 0 Å². The van der Waals surface area contributed by atoms with E-state index in [0.29, 0.717) is 6.04 Å². The molecule has 1 aromatic heterocycles. The molecule has 0 radical (unpaired) electrons. The molecule has 19 heavy (non-hydrogen) atoms. The van der Waals surface area contributed by atoms with Gasteiger partial charge >= 0.3 is 0 Å². The summed E-state index contributed by atoms with van der Waals surface area (Å²) in [5, 5.41) is 8.19. The lowest BCUT2D eigenvalue weighted by Gasteiger charge is -2.09. The zero-order chi connectivity index (χ0) is 13.2. The summed E-state index contributed by atoms with van der Waals surface area (Å²) in [6.45, 7) is 6.38. The quantitative estimate of drug-likeness (QED) is 0.914. The molecule has 1 N–H and O–H groups in total. The number of nitrogens with one attached hydrogen (secondary N) is 1. The Morgan fingerprint density at radius 1 is 1.26 bits per heavy atom. The van der Waals surface area contributed by atoms with Crippen LogP contribution in [0.2, 0.25) is 0 Å². The van der Waals surface area contributed by atoms with E-state index in [2.05, 4.69) is 59.4 Å². The van der Waals surface area contributed by atoms with Crippen molar-refractivity contribution in [3.05, 3.63) is 41.7 Å². The Hall–Kier alpha value is -1.61. The van der Waals surface area contributed by atoms with Crippen LogP contribution in [0.5, 0.6) is 0 Å². The number of nitrogens with zero attached hydrogens (tertiary/aromatic N) is 2. The normalized spacial score (nSPS) is 18.9. The van der Waals surface area contributed by atoms with E-state index in [0.717, 1.165) is 18.8 Å². The highest BCUT2D eigenvalue weighted by Crippen LogP contribution is 2.25. The lowest BCUT2D eigenvalue weighted by Crippen LogP contribution is -2.26. The molecule has 0 bridgehead atoms. The van der Waals surface area contributed by atoms with Crippen LogP contribution in [0, 0.1) is 13.8 Å². The van der Waals surface area contributed by atoms with Gasteiger partial charge in [-0.15, -0.1) is 0 Å². The van der Waals surface area contributed by atoms with Gasteiger partial charge in [0.25, 0.3) is 0 Å². The van der Waals surface area contributed by atoms with Gasteiger partial charge in [-0.1, -0.05) is 24.3 Å². The molecule has 1 aliphatic heterocycles. The second-order valence-electron chi connectivity index (χ2n) is 5.46. The molecule has 3 nitrogen and oxygen atoms in total. The van der Waals surface area contributed by atoms with E-state index in [9.17, 15) is 0 Å². The first-order valence-electron chi connectivity index (χ1n) is 7.07. The van der Waals surface area contributed by atoms with Gasteiger partial charge in [0.2, 0.25) is 0 Å². The molecular weight excluding hydrogens is 234 g/mol. The van der Waals surface area contributed by atoms with E-state index in [-0.39, 0.29) is 0 Å². The summed E-state index contributed by atoms with van der Waals surface area (Å²) in [6.07, 6.45) is 4.74. The summed E-state index contributed by atoms with van der Waals surface area (Å²) in [5.41, 5.74) is 4.98. The average molecular weight is 255 g/mol. The summed E-state index contributed by atoms with van der Waals surface area (Å²) in [5.74, 6) is 0. The van der Waals surface area contributed by atoms with E-state index < -0.39 is 0 Å². The molecule has 1 aromatic carbocycles. The first kappa shape index (κ1) is 12.4. The molecule has 1 fully saturated rings. The third-order valence-corrected chi connectivity index (χ3v) is 3.95. The summed E-state index contributed by atoms with van der Waals surface area (Å²) in [7, 11) is 0. The molecule has 3 rings (SSSR count). The van der Waals surface area contributed by atoms with Gasteiger partial charge in [0.05, 0.1) is 12.2 Å². The van der Waals surface area contributed by atoms with Crippen molar-refractivity contribution in [2.45, 2.75) is 39.3 Å². The molecule has 1 atom stereocenters. The maximum absolute atomic E-state index is 4.67. The number of rotatable bonds is 3. The van der Waals surface area contributed by atoms with Gasteiger partial charge < -0.3 is 5.32 Å². The van der Waals surface area contributed by atoms with Crippen molar-refractivity contribution in [2.24, 2.45) is 0 Å². The Morgan fingerprint density at radius 2 is 2.11 bits per heavy atom. The molecule has 2 heterocycles. The topological polar surface area (TPSA) is 29.9 Å². The van der Waals surface area contributed by atoms with Crippen LogP contribution < -0.4 is 5.32 Å². The fourth-order valence-corrected chi connectivity index (χ4v) is 2.89. The molecule has 1 saturated heterocycles. The minimum atomic E-state index is 0.587. The highest BCUT2D eigenvalue weighted by molar-refractivity contribution is 5.68. The third kappa shape index (κ3) is 2.56. The van der Waals surface area contributed by atoms with E-state index in [1.807, 2.05) is 0 Å². The van der Waals surface area contributed by atoms with Crippen LogP contribution in [-0.2, 0) is 6.54 Å². The summed E-state index contributed by atoms with van der Waals surface area (Å²) in [4.78, 5) is 0. The van der Waals surface area contributed by atoms with Crippen LogP contribution in [0.4, 0.5) is 0 Å². The minimum absolute atomic E-state index is 0.587. The monoisotopic (exact) mass is 255 g/mol. The van der Waals surface area contributed by atoms with Crippen molar-refractivity contribution in [3.8, 4) is 11.1 Å². The Bertz CT molecular complexity index is 565. The highest BCUT2D eigenvalue weighted by Gasteiger charge is 2.16. The summed E-state index contributed by atoms with van der Waals surface area (Å²) < 4.78 is 2.10. The molecule has 1 aliphatic rings. The zero-order valence-corrected chi connectivity index (χ0v) is 11.7. The molecule has 0 amide bonds. The van der Waals surface area contributed by atoms with Crippen LogP contribution in [0.25, 0.3) is 11.1 Å². The Morgan fingerprint density at radius 3 is 2.84 bits per heavy atom. The van der Waals surface area contributed by atoms with Gasteiger partial charge in [-0.25, -0.2) is 0 Å². The number of aryl methyl sites for hydroxylation is 2. The molecule has 0 saturated carbocycles. The van der Waals surface area contributed by atoms with Crippen molar-refractivity contribution < 1.29 is 0 Å². The Balaban J connectivity index is 1.87. The van der Waals surface area contributed by atoms with Crippen molar-refractivity contribution in [2.75, 3.05) is 6.54 Å². The minimum Gasteiger partial charge on any atom is -0.312 e. The maximum atomic E-state index is 4.67. The van der Waals surface area contributed by atoms with E-state index in [4.69, 9.17) is 0 Å². The Labute approximate surface area is 114 Å². The lowest BCUT2D eigenvalue weighted by molar-refractivity contribution is 0.474. The van der Waals surface area contributed by atoms with Gasteiger partial charge in [-0.3, -0.25) is 4.68 Å². The summed E-state index contributed by atoms with van der Waals surface area (Å²) >= 11 is 0. The fraction of sp³-hybridized carbons (Fsp3) is 0.438. The molecule has 100 valence electrons. The Kier molecular flexibility index (Phi) is 3.38. The second-order valence-corrected chi connectivity index (χ2v) is 5.46. The highest BCUT2D eigenvalue weighted by atomic mass is 15.3. The predicted molar refractivity (Wildman–Crippen MR) is 78.2 cm³/mol. The predicted octanol–water partition coefficient (Wildman–Crippen LogP) is 2.92. The van der Waals surface area contributed by atoms with Crippen LogP contribution in [0.15, 0.2) is 30.5 Å². The molecular formula is C16H21N3. The van der Waals surface area contributed by atoms with E-state index in [1.165, 1.54) is 29.5 Å². The van der Waals surface area contributed by atoms with Gasteiger partial charge in [-0.05, 0) is 44.4 Å². The maximum Gasteiger partial charge on any atom is 0.0672 e. The third-order valence-electron chi connectivity index (χ3n) is 3.95. The van der Waals surface area contributed by atoms with E-state index in [1.54, 1.807) is 0 Å². The number of aromatic nitrogens is 2. The van der Waals surface area contributed by atoms with Gasteiger partial charge in [0, 0.05) is 17.8 Å². The standard InChI is InChI=1S/C16H21N3/c1-12-6-3-4-8-15(12)16-11-19(18-13(16)2)10-14-7-5-9-17-14/h3-4,6,8,11,14,17H,5,7,9-10H2,1-2H3. The molecule has 3 heteroatoms. The number of hydrogen-bond donors (Lipinski definition) is 1. The lowest BCUT2D eigenvalue weighted by atomic mass is 10.0. The van der Waals surface area contributed by atoms with Crippen molar-refractivity contribution in [3.63, 3.8) is 0 Å². The van der Waals surface area contributed by atoms with Crippen LogP contribution in [-0.4, -0.2) is 22.4 Å². The molecule has 1 unspecified atom stereocenters. The van der Waals surface area contributed by atoms with Crippen molar-refractivity contribution in [1.29, 1.82) is 0 Å². The van der Waals surface area contributed by atoms with Gasteiger partial charge in [-0.2, -0.15) is 5.10 Å². The van der Waals surface area contributed by atoms with Crippen LogP contribution in [0.3, 0.4) is 0 Å². The van der Waals surface area contributed by atoms with Crippen molar-refractivity contribution in [1.82, 2.24) is 15.1 Å². The first-order chi connectivity index (χ1) is 9.24. The van der Waals surface area contributed by atoms with Crippen LogP contribution in [0.1, 0.15) is 24.1 Å². The molecule has 0 spiro atoms.